The van der Waals surface area contributed by atoms with Gasteiger partial charge in [0.15, 0.2) is 0 Å². The van der Waals surface area contributed by atoms with E-state index in [0.717, 1.165) is 5.56 Å². The highest BCUT2D eigenvalue weighted by atomic mass is 35.5. The van der Waals surface area contributed by atoms with E-state index in [4.69, 9.17) is 11.6 Å². The lowest BCUT2D eigenvalue weighted by Gasteiger charge is -2.18. The van der Waals surface area contributed by atoms with Crippen molar-refractivity contribution in [1.82, 2.24) is 5.32 Å². The molecule has 100 valence electrons. The summed E-state index contributed by atoms with van der Waals surface area (Å²) in [4.78, 5) is 0. The monoisotopic (exact) mass is 279 g/mol. The number of halogens is 2. The summed E-state index contributed by atoms with van der Waals surface area (Å²) in [6, 6.07) is 13.7. The van der Waals surface area contributed by atoms with Crippen LogP contribution in [-0.4, -0.2) is 11.7 Å². The summed E-state index contributed by atoms with van der Waals surface area (Å²) in [7, 11) is 0. The standard InChI is InChI=1S/C15H15ClFNO/c16-14-8-12(17)6-7-13(14)15(10-19)18-9-11-4-2-1-3-5-11/h1-8,15,18-19H,9-10H2. The summed E-state index contributed by atoms with van der Waals surface area (Å²) in [6.45, 7) is 0.512. The van der Waals surface area contributed by atoms with Gasteiger partial charge in [-0.1, -0.05) is 48.0 Å². The summed E-state index contributed by atoms with van der Waals surface area (Å²) in [5.41, 5.74) is 1.81. The minimum Gasteiger partial charge on any atom is -0.394 e. The number of hydrogen-bond donors (Lipinski definition) is 2. The van der Waals surface area contributed by atoms with Gasteiger partial charge in [0.2, 0.25) is 0 Å². The average molecular weight is 280 g/mol. The molecule has 0 radical (unpaired) electrons. The Morgan fingerprint density at radius 2 is 1.89 bits per heavy atom. The van der Waals surface area contributed by atoms with Gasteiger partial charge in [-0.15, -0.1) is 0 Å². The van der Waals surface area contributed by atoms with Gasteiger partial charge in [0.05, 0.1) is 12.6 Å². The summed E-state index contributed by atoms with van der Waals surface area (Å²) >= 11 is 5.99. The third kappa shape index (κ3) is 3.77. The Hall–Kier alpha value is -1.42. The van der Waals surface area contributed by atoms with E-state index in [1.807, 2.05) is 30.3 Å². The van der Waals surface area contributed by atoms with Crippen molar-refractivity contribution in [2.24, 2.45) is 0 Å². The summed E-state index contributed by atoms with van der Waals surface area (Å²) in [5.74, 6) is -0.381. The summed E-state index contributed by atoms with van der Waals surface area (Å²) in [5, 5.41) is 13.0. The maximum absolute atomic E-state index is 13.0. The number of aliphatic hydroxyl groups is 1. The Morgan fingerprint density at radius 3 is 2.53 bits per heavy atom. The molecule has 0 saturated heterocycles. The molecule has 0 fully saturated rings. The third-order valence-electron chi connectivity index (χ3n) is 2.92. The molecule has 0 aliphatic rings. The first-order valence-electron chi connectivity index (χ1n) is 6.04. The Morgan fingerprint density at radius 1 is 1.16 bits per heavy atom. The first-order chi connectivity index (χ1) is 9.20. The van der Waals surface area contributed by atoms with Crippen molar-refractivity contribution in [3.05, 3.63) is 70.5 Å². The molecule has 0 aliphatic heterocycles. The van der Waals surface area contributed by atoms with Gasteiger partial charge in [0, 0.05) is 11.6 Å². The van der Waals surface area contributed by atoms with Crippen LogP contribution in [-0.2, 0) is 6.54 Å². The van der Waals surface area contributed by atoms with Crippen molar-refractivity contribution in [1.29, 1.82) is 0 Å². The van der Waals surface area contributed by atoms with E-state index in [2.05, 4.69) is 5.32 Å². The van der Waals surface area contributed by atoms with E-state index in [1.54, 1.807) is 6.07 Å². The van der Waals surface area contributed by atoms with Crippen LogP contribution in [0, 0.1) is 5.82 Å². The van der Waals surface area contributed by atoms with Crippen LogP contribution in [0.5, 0.6) is 0 Å². The van der Waals surface area contributed by atoms with Crippen LogP contribution in [0.15, 0.2) is 48.5 Å². The molecule has 19 heavy (non-hydrogen) atoms. The Labute approximate surface area is 116 Å². The first kappa shape index (κ1) is 14.0. The fourth-order valence-electron chi connectivity index (χ4n) is 1.89. The fraction of sp³-hybridized carbons (Fsp3) is 0.200. The lowest BCUT2D eigenvalue weighted by Crippen LogP contribution is -2.24. The van der Waals surface area contributed by atoms with Crippen LogP contribution < -0.4 is 5.32 Å². The zero-order valence-corrected chi connectivity index (χ0v) is 11.1. The van der Waals surface area contributed by atoms with Crippen LogP contribution in [0.3, 0.4) is 0 Å². The van der Waals surface area contributed by atoms with E-state index in [-0.39, 0.29) is 18.5 Å². The second-order valence-corrected chi connectivity index (χ2v) is 4.67. The van der Waals surface area contributed by atoms with Gasteiger partial charge < -0.3 is 10.4 Å². The molecular weight excluding hydrogens is 265 g/mol. The van der Waals surface area contributed by atoms with Crippen LogP contribution in [0.2, 0.25) is 5.02 Å². The zero-order valence-electron chi connectivity index (χ0n) is 10.3. The van der Waals surface area contributed by atoms with Crippen molar-refractivity contribution >= 4 is 11.6 Å². The largest absolute Gasteiger partial charge is 0.394 e. The van der Waals surface area contributed by atoms with E-state index in [1.165, 1.54) is 12.1 Å². The van der Waals surface area contributed by atoms with Crippen molar-refractivity contribution in [2.45, 2.75) is 12.6 Å². The molecule has 2 aromatic rings. The predicted octanol–water partition coefficient (Wildman–Crippen LogP) is 3.30. The molecule has 0 spiro atoms. The minimum atomic E-state index is -0.381. The van der Waals surface area contributed by atoms with Crippen LogP contribution in [0.25, 0.3) is 0 Å². The second kappa shape index (κ2) is 6.66. The molecule has 0 bridgehead atoms. The normalized spacial score (nSPS) is 12.4. The van der Waals surface area contributed by atoms with Crippen LogP contribution >= 0.6 is 11.6 Å². The minimum absolute atomic E-state index is 0.0990. The molecule has 2 rings (SSSR count). The third-order valence-corrected chi connectivity index (χ3v) is 3.24. The maximum Gasteiger partial charge on any atom is 0.124 e. The number of aliphatic hydroxyl groups excluding tert-OH is 1. The average Bonchev–Trinajstić information content (AvgIpc) is 2.42. The van der Waals surface area contributed by atoms with Crippen molar-refractivity contribution in [3.63, 3.8) is 0 Å². The molecule has 2 aromatic carbocycles. The highest BCUT2D eigenvalue weighted by molar-refractivity contribution is 6.31. The number of rotatable bonds is 5. The highest BCUT2D eigenvalue weighted by Gasteiger charge is 2.13. The van der Waals surface area contributed by atoms with Crippen LogP contribution in [0.1, 0.15) is 17.2 Å². The number of hydrogen-bond acceptors (Lipinski definition) is 2. The van der Waals surface area contributed by atoms with Crippen molar-refractivity contribution in [3.8, 4) is 0 Å². The summed E-state index contributed by atoms with van der Waals surface area (Å²) < 4.78 is 13.0. The fourth-order valence-corrected chi connectivity index (χ4v) is 2.19. The second-order valence-electron chi connectivity index (χ2n) is 4.27. The molecule has 0 heterocycles. The Bertz CT molecular complexity index is 533. The van der Waals surface area contributed by atoms with E-state index in [9.17, 15) is 9.50 Å². The highest BCUT2D eigenvalue weighted by Crippen LogP contribution is 2.24. The van der Waals surface area contributed by atoms with Gasteiger partial charge >= 0.3 is 0 Å². The number of nitrogens with one attached hydrogen (secondary N) is 1. The van der Waals surface area contributed by atoms with Gasteiger partial charge in [-0.2, -0.15) is 0 Å². The molecular formula is C15H15ClFNO. The Balaban J connectivity index is 2.08. The topological polar surface area (TPSA) is 32.3 Å². The molecule has 0 amide bonds. The molecule has 0 aliphatic carbocycles. The molecule has 1 unspecified atom stereocenters. The molecule has 0 saturated carbocycles. The molecule has 0 aromatic heterocycles. The number of benzene rings is 2. The predicted molar refractivity (Wildman–Crippen MR) is 74.5 cm³/mol. The van der Waals surface area contributed by atoms with Crippen molar-refractivity contribution < 1.29 is 9.50 Å². The van der Waals surface area contributed by atoms with E-state index < -0.39 is 0 Å². The van der Waals surface area contributed by atoms with Gasteiger partial charge in [-0.25, -0.2) is 4.39 Å². The maximum atomic E-state index is 13.0. The van der Waals surface area contributed by atoms with Crippen LogP contribution in [0.4, 0.5) is 4.39 Å². The van der Waals surface area contributed by atoms with Gasteiger partial charge in [-0.3, -0.25) is 0 Å². The first-order valence-corrected chi connectivity index (χ1v) is 6.41. The van der Waals surface area contributed by atoms with Gasteiger partial charge in [0.1, 0.15) is 5.82 Å². The smallest absolute Gasteiger partial charge is 0.124 e. The van der Waals surface area contributed by atoms with Crippen molar-refractivity contribution in [2.75, 3.05) is 6.61 Å². The zero-order chi connectivity index (χ0) is 13.7. The molecule has 4 heteroatoms. The lowest BCUT2D eigenvalue weighted by molar-refractivity contribution is 0.243. The van der Waals surface area contributed by atoms with Gasteiger partial charge in [-0.05, 0) is 23.3 Å². The summed E-state index contributed by atoms with van der Waals surface area (Å²) in [6.07, 6.45) is 0. The van der Waals surface area contributed by atoms with Gasteiger partial charge in [0.25, 0.3) is 0 Å². The van der Waals surface area contributed by atoms with E-state index >= 15 is 0 Å². The molecule has 1 atom stereocenters. The molecule has 2 nitrogen and oxygen atoms in total. The van der Waals surface area contributed by atoms with E-state index in [0.29, 0.717) is 17.1 Å². The quantitative estimate of drug-likeness (QED) is 0.880. The Kier molecular flexibility index (Phi) is 4.91. The SMILES string of the molecule is OCC(NCc1ccccc1)c1ccc(F)cc1Cl. The lowest BCUT2D eigenvalue weighted by atomic mass is 10.1. The molecule has 2 N–H and O–H groups in total.